The number of para-hydroxylation sites is 1. The van der Waals surface area contributed by atoms with Gasteiger partial charge in [0, 0.05) is 0 Å². The van der Waals surface area contributed by atoms with Gasteiger partial charge in [-0.2, -0.15) is 0 Å². The molecule has 0 saturated carbocycles. The van der Waals surface area contributed by atoms with Gasteiger partial charge in [-0.1, -0.05) is 0 Å². The Morgan fingerprint density at radius 1 is 1.12 bits per heavy atom. The number of carbonyl (C=O) groups excluding carboxylic acids is 3. The SMILES string of the molecule is CI(C)[C@H](CC(=O)N1c2ccccc2Sc2cnccc21)C(=O)NC(CC(=O)O)C(=O)CF. The minimum absolute atomic E-state index is 0.117. The fraction of sp³-hybridized carbons (Fsp3) is 0.318. The number of amides is 2. The molecule has 0 spiro atoms. The maximum absolute atomic E-state index is 13.5. The maximum atomic E-state index is 13.5. The number of carboxylic acid groups (broad SMARTS) is 1. The molecule has 1 aromatic carbocycles. The summed E-state index contributed by atoms with van der Waals surface area (Å²) in [5, 5.41) is 11.4. The second-order valence-corrected chi connectivity index (χ2v) is 14.6. The molecule has 2 aromatic rings. The van der Waals surface area contributed by atoms with E-state index in [0.29, 0.717) is 11.4 Å². The fourth-order valence-electron chi connectivity index (χ4n) is 3.35. The summed E-state index contributed by atoms with van der Waals surface area (Å²) in [6, 6.07) is 7.70. The summed E-state index contributed by atoms with van der Waals surface area (Å²) in [5.74, 6) is -3.23. The molecule has 11 heteroatoms. The van der Waals surface area contributed by atoms with E-state index in [4.69, 9.17) is 5.11 Å². The second-order valence-electron chi connectivity index (χ2n) is 7.39. The van der Waals surface area contributed by atoms with Crippen LogP contribution in [0.15, 0.2) is 52.5 Å². The number of anilines is 2. The molecule has 0 aliphatic carbocycles. The predicted octanol–water partition coefficient (Wildman–Crippen LogP) is 3.23. The molecular formula is C22H23FIN3O5S. The van der Waals surface area contributed by atoms with Gasteiger partial charge in [-0.3, -0.25) is 0 Å². The van der Waals surface area contributed by atoms with E-state index in [1.54, 1.807) is 23.4 Å². The number of Topliss-reactive ketones (excluding diaryl/α,β-unsaturated/α-hetero) is 1. The summed E-state index contributed by atoms with van der Waals surface area (Å²) in [6.45, 7) is -1.38. The fourth-order valence-corrected chi connectivity index (χ4v) is 6.94. The van der Waals surface area contributed by atoms with Crippen LogP contribution in [0.1, 0.15) is 12.8 Å². The van der Waals surface area contributed by atoms with Crippen LogP contribution in [-0.2, 0) is 19.2 Å². The normalized spacial score (nSPS) is 14.4. The van der Waals surface area contributed by atoms with Crippen molar-refractivity contribution in [3.63, 3.8) is 0 Å². The van der Waals surface area contributed by atoms with Gasteiger partial charge in [-0.05, 0) is 0 Å². The topological polar surface area (TPSA) is 117 Å². The van der Waals surface area contributed by atoms with Gasteiger partial charge in [0.15, 0.2) is 0 Å². The molecule has 0 bridgehead atoms. The summed E-state index contributed by atoms with van der Waals surface area (Å²) in [4.78, 5) is 60.6. The van der Waals surface area contributed by atoms with Crippen LogP contribution >= 0.6 is 31.6 Å². The standard InChI is InChI=1S/C22H23FIN3O5S/c1-24(2)13(22(32)26-14(10-21(30)31)17(28)11-23)9-20(29)27-15-5-3-4-6-18(15)33-19-12-25-8-7-16(19)27/h3-8,12-14H,9-11H2,1-2H3,(H,26,32)(H,30,31)/t13-,14?/m1/s1. The molecule has 0 radical (unpaired) electrons. The summed E-state index contributed by atoms with van der Waals surface area (Å²) in [7, 11) is 0. The first-order chi connectivity index (χ1) is 15.7. The monoisotopic (exact) mass is 587 g/mol. The van der Waals surface area contributed by atoms with Crippen molar-refractivity contribution in [2.24, 2.45) is 0 Å². The van der Waals surface area contributed by atoms with Crippen LogP contribution in [0.2, 0.25) is 0 Å². The number of pyridine rings is 1. The molecule has 1 aromatic heterocycles. The molecule has 33 heavy (non-hydrogen) atoms. The van der Waals surface area contributed by atoms with Crippen molar-refractivity contribution >= 4 is 66.5 Å². The van der Waals surface area contributed by atoms with Crippen LogP contribution in [-0.4, -0.2) is 60.2 Å². The number of hydrogen-bond acceptors (Lipinski definition) is 6. The first kappa shape index (κ1) is 25.1. The molecular weight excluding hydrogens is 564 g/mol. The molecule has 1 aliphatic rings. The Morgan fingerprint density at radius 2 is 1.82 bits per heavy atom. The van der Waals surface area contributed by atoms with E-state index in [1.807, 2.05) is 34.1 Å². The van der Waals surface area contributed by atoms with Crippen molar-refractivity contribution in [3.8, 4) is 0 Å². The Labute approximate surface area is 201 Å². The number of hydrogen-bond donors (Lipinski definition) is 2. The molecule has 2 atom stereocenters. The van der Waals surface area contributed by atoms with Crippen molar-refractivity contribution in [2.75, 3.05) is 21.4 Å². The van der Waals surface area contributed by atoms with Crippen LogP contribution in [0.4, 0.5) is 15.8 Å². The van der Waals surface area contributed by atoms with Gasteiger partial charge in [0.05, 0.1) is 0 Å². The zero-order valence-corrected chi connectivity index (χ0v) is 20.9. The number of halogens is 2. The number of fused-ring (bicyclic) bond motifs is 2. The Morgan fingerprint density at radius 3 is 2.48 bits per heavy atom. The molecule has 1 aliphatic heterocycles. The Hall–Kier alpha value is -2.54. The van der Waals surface area contributed by atoms with Crippen LogP contribution in [0.5, 0.6) is 0 Å². The Balaban J connectivity index is 1.86. The third-order valence-corrected chi connectivity index (χ3v) is 10.1. The molecule has 0 saturated heterocycles. The van der Waals surface area contributed by atoms with Gasteiger partial charge in [0.2, 0.25) is 0 Å². The van der Waals surface area contributed by atoms with Gasteiger partial charge < -0.3 is 0 Å². The van der Waals surface area contributed by atoms with Crippen LogP contribution in [0.25, 0.3) is 0 Å². The Bertz CT molecular complexity index is 1040. The van der Waals surface area contributed by atoms with E-state index < -0.39 is 60.5 Å². The van der Waals surface area contributed by atoms with Crippen molar-refractivity contribution in [1.82, 2.24) is 10.3 Å². The van der Waals surface area contributed by atoms with Gasteiger partial charge in [-0.25, -0.2) is 0 Å². The molecule has 0 fully saturated rings. The van der Waals surface area contributed by atoms with E-state index in [0.717, 1.165) is 9.79 Å². The number of alkyl halides is 4. The summed E-state index contributed by atoms with van der Waals surface area (Å²) >= 11 is -0.481. The van der Waals surface area contributed by atoms with Crippen molar-refractivity contribution < 1.29 is 28.7 Å². The summed E-state index contributed by atoms with van der Waals surface area (Å²) < 4.78 is 12.2. The number of rotatable bonds is 9. The van der Waals surface area contributed by atoms with Crippen molar-refractivity contribution in [3.05, 3.63) is 42.7 Å². The first-order valence-electron chi connectivity index (χ1n) is 9.86. The number of nitrogens with zero attached hydrogens (tertiary/aromatic N) is 2. The zero-order valence-electron chi connectivity index (χ0n) is 18.0. The van der Waals surface area contributed by atoms with Gasteiger partial charge in [-0.15, -0.1) is 0 Å². The van der Waals surface area contributed by atoms with Crippen molar-refractivity contribution in [2.45, 2.75) is 32.6 Å². The van der Waals surface area contributed by atoms with E-state index >= 15 is 0 Å². The molecule has 176 valence electrons. The van der Waals surface area contributed by atoms with Crippen LogP contribution < -0.4 is 10.2 Å². The minimum atomic E-state index is -1.98. The van der Waals surface area contributed by atoms with E-state index in [1.165, 1.54) is 11.8 Å². The van der Waals surface area contributed by atoms with E-state index in [2.05, 4.69) is 10.3 Å². The van der Waals surface area contributed by atoms with Crippen molar-refractivity contribution in [1.29, 1.82) is 0 Å². The number of aromatic nitrogens is 1. The zero-order chi connectivity index (χ0) is 24.1. The number of carboxylic acids is 1. The van der Waals surface area contributed by atoms with Crippen LogP contribution in [0, 0.1) is 0 Å². The third-order valence-electron chi connectivity index (χ3n) is 4.96. The van der Waals surface area contributed by atoms with Gasteiger partial charge >= 0.3 is 202 Å². The average Bonchev–Trinajstić information content (AvgIpc) is 2.79. The molecule has 2 heterocycles. The number of benzene rings is 1. The third kappa shape index (κ3) is 5.88. The molecule has 3 rings (SSSR count). The number of nitrogens with one attached hydrogen (secondary N) is 1. The van der Waals surface area contributed by atoms with Gasteiger partial charge in [0.25, 0.3) is 0 Å². The number of ketones is 1. The van der Waals surface area contributed by atoms with E-state index in [9.17, 15) is 23.6 Å². The first-order valence-corrected chi connectivity index (χ1v) is 16.2. The summed E-state index contributed by atoms with van der Waals surface area (Å²) in [6.07, 6.45) is 2.44. The second kappa shape index (κ2) is 11.1. The molecule has 1 unspecified atom stereocenters. The summed E-state index contributed by atoms with van der Waals surface area (Å²) in [5.41, 5.74) is 1.37. The van der Waals surface area contributed by atoms with Gasteiger partial charge in [0.1, 0.15) is 0 Å². The van der Waals surface area contributed by atoms with E-state index in [-0.39, 0.29) is 12.3 Å². The molecule has 2 N–H and O–H groups in total. The number of carbonyl (C=O) groups is 4. The number of aliphatic carboxylic acids is 1. The average molecular weight is 587 g/mol. The molecule has 8 nitrogen and oxygen atoms in total. The quantitative estimate of drug-likeness (QED) is 0.342. The molecule has 2 amide bonds. The van der Waals surface area contributed by atoms with Crippen LogP contribution in [0.3, 0.4) is 0 Å². The Kier molecular flexibility index (Phi) is 8.40. The predicted molar refractivity (Wildman–Crippen MR) is 131 cm³/mol.